The third kappa shape index (κ3) is 4.63. The monoisotopic (exact) mass is 579 g/mol. The van der Waals surface area contributed by atoms with E-state index in [2.05, 4.69) is 77.7 Å². The molecule has 0 aliphatic rings. The highest BCUT2D eigenvalue weighted by atomic mass is 32.1. The van der Waals surface area contributed by atoms with E-state index in [9.17, 15) is 0 Å². The molecule has 0 atom stereocenters. The Morgan fingerprint density at radius 2 is 0.929 bits per heavy atom. The van der Waals surface area contributed by atoms with Gasteiger partial charge in [0.15, 0.2) is 7.14 Å². The summed E-state index contributed by atoms with van der Waals surface area (Å²) in [6.45, 7) is 0. The second-order valence-corrected chi connectivity index (χ2v) is 13.2. The van der Waals surface area contributed by atoms with Crippen molar-refractivity contribution in [3.05, 3.63) is 158 Å². The van der Waals surface area contributed by atoms with Crippen molar-refractivity contribution in [3.63, 3.8) is 0 Å². The molecule has 42 heavy (non-hydrogen) atoms. The van der Waals surface area contributed by atoms with Crippen LogP contribution in [0.2, 0.25) is 0 Å². The normalized spacial score (nSPS) is 11.4. The Morgan fingerprint density at radius 3 is 1.45 bits per heavy atom. The lowest BCUT2D eigenvalue weighted by molar-refractivity contribution is 0.592. The third-order valence-electron chi connectivity index (χ3n) is 7.44. The molecule has 7 rings (SSSR count). The summed E-state index contributed by atoms with van der Waals surface area (Å²) < 4.78 is 24.5. The molecule has 0 saturated heterocycles. The number of para-hydroxylation sites is 2. The van der Waals surface area contributed by atoms with Crippen molar-refractivity contribution in [2.45, 2.75) is 0 Å². The van der Waals surface area contributed by atoms with Crippen LogP contribution in [0.25, 0.3) is 22.2 Å². The number of aromatic nitrogens is 2. The van der Waals surface area contributed by atoms with Crippen molar-refractivity contribution in [3.8, 4) is 11.1 Å². The molecular weight excluding hydrogens is 553 g/mol. The van der Waals surface area contributed by atoms with Crippen LogP contribution in [0.4, 0.5) is 17.1 Å². The summed E-state index contributed by atoms with van der Waals surface area (Å²) in [5, 5.41) is 2.28. The lowest BCUT2D eigenvalue weighted by Crippen LogP contribution is -2.25. The number of hydrogen-bond acceptors (Lipinski definition) is 5. The second-order valence-electron chi connectivity index (χ2n) is 9.93. The second kappa shape index (κ2) is 11.2. The van der Waals surface area contributed by atoms with Gasteiger partial charge in [-0.25, -0.2) is 0 Å². The van der Waals surface area contributed by atoms with Crippen molar-refractivity contribution in [1.82, 2.24) is 8.75 Å². The van der Waals surface area contributed by atoms with Gasteiger partial charge in [0.2, 0.25) is 0 Å². The molecule has 202 valence electrons. The van der Waals surface area contributed by atoms with Gasteiger partial charge in [-0.1, -0.05) is 115 Å². The maximum Gasteiger partial charge on any atom is 0.173 e. The lowest BCUT2D eigenvalue weighted by Gasteiger charge is -2.25. The highest BCUT2D eigenvalue weighted by Gasteiger charge is 2.33. The van der Waals surface area contributed by atoms with Crippen LogP contribution in [0.1, 0.15) is 0 Å². The predicted octanol–water partition coefficient (Wildman–Crippen LogP) is 8.47. The van der Waals surface area contributed by atoms with Gasteiger partial charge in [-0.05, 0) is 48.0 Å². The van der Waals surface area contributed by atoms with E-state index in [1.165, 1.54) is 0 Å². The number of benzene rings is 6. The van der Waals surface area contributed by atoms with Crippen LogP contribution >= 0.6 is 18.9 Å². The first-order valence-electron chi connectivity index (χ1n) is 13.7. The average Bonchev–Trinajstić information content (AvgIpc) is 3.57. The molecular formula is C36H26N3OPS. The third-order valence-corrected chi connectivity index (χ3v) is 11.1. The minimum atomic E-state index is -3.19. The van der Waals surface area contributed by atoms with E-state index in [4.69, 9.17) is 8.75 Å². The fourth-order valence-electron chi connectivity index (χ4n) is 5.44. The molecule has 1 aromatic heterocycles. The summed E-state index contributed by atoms with van der Waals surface area (Å²) in [5.41, 5.74) is 6.67. The Balaban J connectivity index is 1.33. The van der Waals surface area contributed by atoms with Crippen LogP contribution < -0.4 is 20.8 Å². The zero-order valence-corrected chi connectivity index (χ0v) is 24.3. The van der Waals surface area contributed by atoms with Crippen molar-refractivity contribution >= 4 is 62.9 Å². The molecule has 0 N–H and O–H groups in total. The first kappa shape index (κ1) is 26.1. The number of anilines is 3. The topological polar surface area (TPSA) is 46.1 Å². The average molecular weight is 580 g/mol. The molecule has 0 fully saturated rings. The fraction of sp³-hybridized carbons (Fsp3) is 0. The van der Waals surface area contributed by atoms with E-state index in [1.54, 1.807) is 0 Å². The summed E-state index contributed by atoms with van der Waals surface area (Å²) in [4.78, 5) is 2.24. The summed E-state index contributed by atoms with van der Waals surface area (Å²) in [6.07, 6.45) is 0. The largest absolute Gasteiger partial charge is 0.311 e. The van der Waals surface area contributed by atoms with Crippen LogP contribution in [0.3, 0.4) is 0 Å². The predicted molar refractivity (Wildman–Crippen MR) is 177 cm³/mol. The van der Waals surface area contributed by atoms with E-state index < -0.39 is 7.14 Å². The van der Waals surface area contributed by atoms with Crippen molar-refractivity contribution < 1.29 is 4.57 Å². The van der Waals surface area contributed by atoms with E-state index >= 15 is 4.57 Å². The Bertz CT molecular complexity index is 1910. The van der Waals surface area contributed by atoms with E-state index in [0.29, 0.717) is 10.8 Å². The highest BCUT2D eigenvalue weighted by molar-refractivity contribution is 7.85. The van der Waals surface area contributed by atoms with E-state index in [-0.39, 0.29) is 0 Å². The smallest absolute Gasteiger partial charge is 0.173 e. The first-order chi connectivity index (χ1) is 20.7. The molecule has 1 heterocycles. The van der Waals surface area contributed by atoms with Gasteiger partial charge >= 0.3 is 0 Å². The molecule has 0 bridgehead atoms. The van der Waals surface area contributed by atoms with Gasteiger partial charge in [0.05, 0.1) is 11.7 Å². The number of rotatable bonds is 7. The first-order valence-corrected chi connectivity index (χ1v) is 16.1. The molecule has 0 unspecified atom stereocenters. The van der Waals surface area contributed by atoms with Crippen LogP contribution in [-0.4, -0.2) is 8.75 Å². The van der Waals surface area contributed by atoms with Gasteiger partial charge in [0, 0.05) is 38.5 Å². The van der Waals surface area contributed by atoms with Gasteiger partial charge in [-0.2, -0.15) is 8.75 Å². The molecule has 0 spiro atoms. The summed E-state index contributed by atoms with van der Waals surface area (Å²) in [6, 6.07) is 52.7. The van der Waals surface area contributed by atoms with Gasteiger partial charge in [0.1, 0.15) is 11.0 Å². The van der Waals surface area contributed by atoms with Gasteiger partial charge in [-0.15, -0.1) is 0 Å². The lowest BCUT2D eigenvalue weighted by atomic mass is 10.0. The Labute approximate surface area is 249 Å². The summed E-state index contributed by atoms with van der Waals surface area (Å²) in [5.74, 6) is 0. The molecule has 7 aromatic rings. The van der Waals surface area contributed by atoms with Crippen LogP contribution in [0.15, 0.2) is 158 Å². The summed E-state index contributed by atoms with van der Waals surface area (Å²) in [7, 11) is -3.19. The number of hydrogen-bond donors (Lipinski definition) is 0. The molecule has 0 amide bonds. The molecule has 0 aliphatic carbocycles. The Kier molecular flexibility index (Phi) is 6.97. The van der Waals surface area contributed by atoms with Gasteiger partial charge in [0.25, 0.3) is 0 Å². The van der Waals surface area contributed by atoms with Crippen molar-refractivity contribution in [1.29, 1.82) is 0 Å². The minimum Gasteiger partial charge on any atom is -0.311 e. The molecule has 0 radical (unpaired) electrons. The molecule has 6 heteroatoms. The van der Waals surface area contributed by atoms with Crippen LogP contribution in [-0.2, 0) is 4.57 Å². The standard InChI is InChI=1S/C36H26N3OPS/c40-41(31-17-9-3-10-18-31,32-19-11-4-12-20-32)34-26-25-33(35-36(34)38-42-37-35)27-21-23-30(24-22-27)39(28-13-5-1-6-14-28)29-15-7-2-8-16-29/h1-26H. The van der Waals surface area contributed by atoms with Gasteiger partial charge < -0.3 is 9.46 Å². The zero-order valence-electron chi connectivity index (χ0n) is 22.6. The maximum atomic E-state index is 15.1. The van der Waals surface area contributed by atoms with E-state index in [0.717, 1.165) is 56.0 Å². The number of fused-ring (bicyclic) bond motifs is 1. The molecule has 4 nitrogen and oxygen atoms in total. The molecule has 6 aromatic carbocycles. The van der Waals surface area contributed by atoms with Crippen LogP contribution in [0.5, 0.6) is 0 Å². The molecule has 0 aliphatic heterocycles. The van der Waals surface area contributed by atoms with Crippen LogP contribution in [0, 0.1) is 0 Å². The van der Waals surface area contributed by atoms with E-state index in [1.807, 2.05) is 84.9 Å². The zero-order chi connectivity index (χ0) is 28.4. The maximum absolute atomic E-state index is 15.1. The quantitative estimate of drug-likeness (QED) is 0.178. The fourth-order valence-corrected chi connectivity index (χ4v) is 8.85. The molecule has 0 saturated carbocycles. The minimum absolute atomic E-state index is 0.688. The highest BCUT2D eigenvalue weighted by Crippen LogP contribution is 2.45. The Morgan fingerprint density at radius 1 is 0.476 bits per heavy atom. The SMILES string of the molecule is O=P(c1ccccc1)(c1ccccc1)c1ccc(-c2ccc(N(c3ccccc3)c3ccccc3)cc2)c2nsnc12. The van der Waals surface area contributed by atoms with Gasteiger partial charge in [-0.3, -0.25) is 0 Å². The summed E-state index contributed by atoms with van der Waals surface area (Å²) >= 11 is 1.16. The van der Waals surface area contributed by atoms with Crippen molar-refractivity contribution in [2.24, 2.45) is 0 Å². The number of nitrogens with zero attached hydrogens (tertiary/aromatic N) is 3. The Hall–Kier alpha value is -4.83. The van der Waals surface area contributed by atoms with Crippen molar-refractivity contribution in [2.75, 3.05) is 4.90 Å².